The van der Waals surface area contributed by atoms with Gasteiger partial charge in [0.1, 0.15) is 0 Å². The maximum Gasteiger partial charge on any atom is 0.195 e. The Balaban J connectivity index is 2.82. The minimum Gasteiger partial charge on any atom is -0.385 e. The van der Waals surface area contributed by atoms with Gasteiger partial charge in [0.25, 0.3) is 0 Å². The molecule has 0 amide bonds. The molecule has 2 rings (SSSR count). The molecule has 0 spiro atoms. The van der Waals surface area contributed by atoms with Crippen molar-refractivity contribution < 1.29 is 13.2 Å². The largest absolute Gasteiger partial charge is 0.385 e. The molecule has 5 heteroatoms. The van der Waals surface area contributed by atoms with Crippen LogP contribution in [0.25, 0.3) is 10.9 Å². The highest BCUT2D eigenvalue weighted by atomic mass is 19.2. The number of nitrogens with one attached hydrogen (secondary N) is 1. The number of benzene rings is 1. The monoisotopic (exact) mass is 254 g/mol. The van der Waals surface area contributed by atoms with Crippen LogP contribution in [0.15, 0.2) is 12.1 Å². The summed E-state index contributed by atoms with van der Waals surface area (Å²) in [6.45, 7) is 4.29. The van der Waals surface area contributed by atoms with Crippen molar-refractivity contribution >= 4 is 16.6 Å². The van der Waals surface area contributed by atoms with Crippen LogP contribution in [0.1, 0.15) is 19.5 Å². The number of pyridine rings is 1. The van der Waals surface area contributed by atoms with Gasteiger partial charge in [0.05, 0.1) is 10.9 Å². The third-order valence-electron chi connectivity index (χ3n) is 2.72. The molecule has 2 nitrogen and oxygen atoms in total. The van der Waals surface area contributed by atoms with E-state index in [0.29, 0.717) is 24.3 Å². The summed E-state index contributed by atoms with van der Waals surface area (Å²) in [7, 11) is 0. The molecule has 0 aliphatic heterocycles. The third-order valence-corrected chi connectivity index (χ3v) is 2.72. The van der Waals surface area contributed by atoms with Gasteiger partial charge in [0, 0.05) is 24.0 Å². The lowest BCUT2D eigenvalue weighted by atomic mass is 10.1. The van der Waals surface area contributed by atoms with Gasteiger partial charge in [0.2, 0.25) is 0 Å². The summed E-state index contributed by atoms with van der Waals surface area (Å²) >= 11 is 0. The maximum absolute atomic E-state index is 13.8. The minimum absolute atomic E-state index is 0.00653. The summed E-state index contributed by atoms with van der Waals surface area (Å²) in [5.74, 6) is -3.88. The first kappa shape index (κ1) is 12.7. The fourth-order valence-corrected chi connectivity index (χ4v) is 1.86. The lowest BCUT2D eigenvalue weighted by Gasteiger charge is -2.11. The molecule has 0 aliphatic carbocycles. The van der Waals surface area contributed by atoms with Gasteiger partial charge in [-0.25, -0.2) is 13.2 Å². The molecule has 1 aromatic heterocycles. The zero-order valence-corrected chi connectivity index (χ0v) is 10.2. The molecule has 0 aliphatic rings. The number of hydrogen-bond acceptors (Lipinski definition) is 2. The zero-order chi connectivity index (χ0) is 13.3. The first-order chi connectivity index (χ1) is 8.58. The summed E-state index contributed by atoms with van der Waals surface area (Å²) in [5.41, 5.74) is 1.27. The fraction of sp³-hybridized carbons (Fsp3) is 0.308. The van der Waals surface area contributed by atoms with Crippen LogP contribution in [0, 0.1) is 17.5 Å². The molecule has 0 atom stereocenters. The molecule has 0 radical (unpaired) electrons. The Kier molecular flexibility index (Phi) is 3.41. The maximum atomic E-state index is 13.8. The van der Waals surface area contributed by atoms with E-state index >= 15 is 0 Å². The van der Waals surface area contributed by atoms with Gasteiger partial charge in [-0.1, -0.05) is 6.92 Å². The van der Waals surface area contributed by atoms with Crippen LogP contribution in [0.4, 0.5) is 18.9 Å². The Morgan fingerprint density at radius 2 is 1.83 bits per heavy atom. The van der Waals surface area contributed by atoms with E-state index in [0.717, 1.165) is 6.07 Å². The SMILES string of the molecule is CCNc1cc(CC)nc2cc(F)c(F)c(F)c12. The molecule has 1 heterocycles. The van der Waals surface area contributed by atoms with Crippen molar-refractivity contribution in [2.45, 2.75) is 20.3 Å². The number of aryl methyl sites for hydroxylation is 1. The predicted molar refractivity (Wildman–Crippen MR) is 65.2 cm³/mol. The molecule has 96 valence electrons. The van der Waals surface area contributed by atoms with Crippen molar-refractivity contribution in [3.63, 3.8) is 0 Å². The quantitative estimate of drug-likeness (QED) is 0.846. The van der Waals surface area contributed by atoms with Crippen molar-refractivity contribution in [2.24, 2.45) is 0 Å². The number of nitrogens with zero attached hydrogens (tertiary/aromatic N) is 1. The number of anilines is 1. The molecule has 0 unspecified atom stereocenters. The molecule has 0 bridgehead atoms. The molecule has 1 aromatic carbocycles. The lowest BCUT2D eigenvalue weighted by Crippen LogP contribution is -2.03. The molecular weight excluding hydrogens is 241 g/mol. The Bertz CT molecular complexity index is 597. The summed E-state index contributed by atoms with van der Waals surface area (Å²) in [4.78, 5) is 4.11. The lowest BCUT2D eigenvalue weighted by molar-refractivity contribution is 0.453. The van der Waals surface area contributed by atoms with Crippen LogP contribution in [-0.4, -0.2) is 11.5 Å². The van der Waals surface area contributed by atoms with E-state index in [9.17, 15) is 13.2 Å². The van der Waals surface area contributed by atoms with Crippen LogP contribution in [0.5, 0.6) is 0 Å². The van der Waals surface area contributed by atoms with Crippen LogP contribution in [0.3, 0.4) is 0 Å². The van der Waals surface area contributed by atoms with Gasteiger partial charge in [0.15, 0.2) is 17.5 Å². The van der Waals surface area contributed by atoms with E-state index < -0.39 is 17.5 Å². The van der Waals surface area contributed by atoms with E-state index in [1.165, 1.54) is 0 Å². The first-order valence-electron chi connectivity index (χ1n) is 5.79. The molecular formula is C13H13F3N2. The average molecular weight is 254 g/mol. The second kappa shape index (κ2) is 4.84. The van der Waals surface area contributed by atoms with Crippen molar-refractivity contribution in [3.8, 4) is 0 Å². The standard InChI is InChI=1S/C13H13F3N2/c1-3-7-5-9(17-4-2)11-10(18-7)6-8(14)12(15)13(11)16/h5-6H,3-4H2,1-2H3,(H,17,18). The van der Waals surface area contributed by atoms with Crippen LogP contribution < -0.4 is 5.32 Å². The number of fused-ring (bicyclic) bond motifs is 1. The van der Waals surface area contributed by atoms with Crippen molar-refractivity contribution in [1.82, 2.24) is 4.98 Å². The second-order valence-corrected chi connectivity index (χ2v) is 3.93. The zero-order valence-electron chi connectivity index (χ0n) is 10.2. The Hall–Kier alpha value is -1.78. The molecule has 1 N–H and O–H groups in total. The van der Waals surface area contributed by atoms with E-state index in [1.807, 2.05) is 13.8 Å². The first-order valence-corrected chi connectivity index (χ1v) is 5.79. The van der Waals surface area contributed by atoms with Gasteiger partial charge in [-0.15, -0.1) is 0 Å². The Morgan fingerprint density at radius 1 is 1.11 bits per heavy atom. The second-order valence-electron chi connectivity index (χ2n) is 3.93. The Morgan fingerprint density at radius 3 is 2.44 bits per heavy atom. The van der Waals surface area contributed by atoms with Crippen molar-refractivity contribution in [2.75, 3.05) is 11.9 Å². The van der Waals surface area contributed by atoms with Gasteiger partial charge < -0.3 is 5.32 Å². The minimum atomic E-state index is -1.47. The smallest absolute Gasteiger partial charge is 0.195 e. The van der Waals surface area contributed by atoms with Crippen LogP contribution in [0.2, 0.25) is 0 Å². The molecule has 2 aromatic rings. The van der Waals surface area contributed by atoms with Gasteiger partial charge in [-0.3, -0.25) is 4.98 Å². The highest BCUT2D eigenvalue weighted by molar-refractivity contribution is 5.92. The number of hydrogen-bond donors (Lipinski definition) is 1. The number of rotatable bonds is 3. The van der Waals surface area contributed by atoms with E-state index in [1.54, 1.807) is 6.07 Å². The average Bonchev–Trinajstić information content (AvgIpc) is 2.35. The Labute approximate surface area is 103 Å². The third kappa shape index (κ3) is 2.00. The predicted octanol–water partition coefficient (Wildman–Crippen LogP) is 3.65. The van der Waals surface area contributed by atoms with Gasteiger partial charge >= 0.3 is 0 Å². The number of aromatic nitrogens is 1. The summed E-state index contributed by atoms with van der Waals surface area (Å²) in [5, 5.41) is 2.94. The topological polar surface area (TPSA) is 24.9 Å². The number of halogens is 3. The molecule has 0 saturated carbocycles. The normalized spacial score (nSPS) is 10.9. The van der Waals surface area contributed by atoms with Crippen LogP contribution >= 0.6 is 0 Å². The summed E-state index contributed by atoms with van der Waals surface area (Å²) < 4.78 is 40.2. The fourth-order valence-electron chi connectivity index (χ4n) is 1.86. The molecule has 0 saturated heterocycles. The van der Waals surface area contributed by atoms with Gasteiger partial charge in [-0.2, -0.15) is 0 Å². The van der Waals surface area contributed by atoms with E-state index in [4.69, 9.17) is 0 Å². The molecule has 18 heavy (non-hydrogen) atoms. The van der Waals surface area contributed by atoms with Crippen molar-refractivity contribution in [1.29, 1.82) is 0 Å². The van der Waals surface area contributed by atoms with E-state index in [-0.39, 0.29) is 10.9 Å². The van der Waals surface area contributed by atoms with Crippen LogP contribution in [-0.2, 0) is 6.42 Å². The highest BCUT2D eigenvalue weighted by Gasteiger charge is 2.17. The molecule has 0 fully saturated rings. The van der Waals surface area contributed by atoms with Crippen molar-refractivity contribution in [3.05, 3.63) is 35.3 Å². The highest BCUT2D eigenvalue weighted by Crippen LogP contribution is 2.29. The van der Waals surface area contributed by atoms with Gasteiger partial charge in [-0.05, 0) is 19.4 Å². The summed E-state index contributed by atoms with van der Waals surface area (Å²) in [6, 6.07) is 2.58. The van der Waals surface area contributed by atoms with E-state index in [2.05, 4.69) is 10.3 Å². The summed E-state index contributed by atoms with van der Waals surface area (Å²) in [6.07, 6.45) is 0.634.